The van der Waals surface area contributed by atoms with Crippen molar-refractivity contribution in [2.75, 3.05) is 6.26 Å². The van der Waals surface area contributed by atoms with Gasteiger partial charge in [0.2, 0.25) is 0 Å². The van der Waals surface area contributed by atoms with Gasteiger partial charge in [-0.2, -0.15) is 0 Å². The number of benzene rings is 1. The van der Waals surface area contributed by atoms with Gasteiger partial charge in [-0.05, 0) is 24.6 Å². The molecular weight excluding hydrogens is 228 g/mol. The lowest BCUT2D eigenvalue weighted by Crippen LogP contribution is -2.01. The maximum atomic E-state index is 11.4. The predicted molar refractivity (Wildman–Crippen MR) is 60.8 cm³/mol. The van der Waals surface area contributed by atoms with E-state index in [1.165, 1.54) is 19.1 Å². The Morgan fingerprint density at radius 1 is 1.31 bits per heavy atom. The van der Waals surface area contributed by atoms with Gasteiger partial charge in [0.05, 0.1) is 4.90 Å². The molecule has 0 spiro atoms. The molecule has 0 aliphatic heterocycles. The van der Waals surface area contributed by atoms with E-state index in [4.69, 9.17) is 5.11 Å². The van der Waals surface area contributed by atoms with Gasteiger partial charge < -0.3 is 5.11 Å². The fourth-order valence-corrected chi connectivity index (χ4v) is 2.11. The van der Waals surface area contributed by atoms with Crippen molar-refractivity contribution in [3.05, 3.63) is 35.4 Å². The summed E-state index contributed by atoms with van der Waals surface area (Å²) in [4.78, 5) is 10.8. The van der Waals surface area contributed by atoms with E-state index in [1.807, 2.05) is 0 Å². The minimum Gasteiger partial charge on any atom is -0.478 e. The number of hydrogen-bond donors (Lipinski definition) is 1. The lowest BCUT2D eigenvalue weighted by Gasteiger charge is -2.03. The van der Waals surface area contributed by atoms with Crippen LogP contribution in [-0.4, -0.2) is 25.7 Å². The second-order valence-corrected chi connectivity index (χ2v) is 5.43. The standard InChI is InChI=1S/C11H12O4S/c1-8(11(12)13)7-9-5-3-4-6-10(9)16(2,14)15/h3-7H,1-2H3,(H,12,13). The average Bonchev–Trinajstić information content (AvgIpc) is 2.16. The molecule has 0 unspecified atom stereocenters. The first-order chi connectivity index (χ1) is 7.32. The number of rotatable bonds is 3. The summed E-state index contributed by atoms with van der Waals surface area (Å²) in [6.07, 6.45) is 2.44. The highest BCUT2D eigenvalue weighted by molar-refractivity contribution is 7.90. The quantitative estimate of drug-likeness (QED) is 0.814. The van der Waals surface area contributed by atoms with Crippen molar-refractivity contribution >= 4 is 21.9 Å². The number of carboxylic acids is 1. The monoisotopic (exact) mass is 240 g/mol. The van der Waals surface area contributed by atoms with Gasteiger partial charge in [0, 0.05) is 11.8 Å². The molecule has 0 aliphatic carbocycles. The summed E-state index contributed by atoms with van der Waals surface area (Å²) in [6.45, 7) is 1.42. The summed E-state index contributed by atoms with van der Waals surface area (Å²) >= 11 is 0. The Kier molecular flexibility index (Phi) is 3.49. The molecule has 0 heterocycles. The van der Waals surface area contributed by atoms with Crippen molar-refractivity contribution in [2.45, 2.75) is 11.8 Å². The van der Waals surface area contributed by atoms with E-state index >= 15 is 0 Å². The van der Waals surface area contributed by atoms with Crippen LogP contribution in [-0.2, 0) is 14.6 Å². The second-order valence-electron chi connectivity index (χ2n) is 3.44. The van der Waals surface area contributed by atoms with Gasteiger partial charge in [-0.15, -0.1) is 0 Å². The van der Waals surface area contributed by atoms with E-state index in [-0.39, 0.29) is 10.5 Å². The summed E-state index contributed by atoms with van der Waals surface area (Å²) in [5, 5.41) is 8.72. The van der Waals surface area contributed by atoms with Gasteiger partial charge in [0.15, 0.2) is 9.84 Å². The van der Waals surface area contributed by atoms with Gasteiger partial charge in [0.25, 0.3) is 0 Å². The van der Waals surface area contributed by atoms with Crippen LogP contribution < -0.4 is 0 Å². The van der Waals surface area contributed by atoms with Crippen LogP contribution in [0.25, 0.3) is 6.08 Å². The number of sulfone groups is 1. The minimum absolute atomic E-state index is 0.0936. The highest BCUT2D eigenvalue weighted by atomic mass is 32.2. The number of carbonyl (C=O) groups is 1. The normalized spacial score (nSPS) is 12.5. The highest BCUT2D eigenvalue weighted by Crippen LogP contribution is 2.18. The third kappa shape index (κ3) is 2.93. The minimum atomic E-state index is -3.34. The van der Waals surface area contributed by atoms with Gasteiger partial charge in [-0.1, -0.05) is 18.2 Å². The first kappa shape index (κ1) is 12.4. The molecular formula is C11H12O4S. The SMILES string of the molecule is CC(=Cc1ccccc1S(C)(=O)=O)C(=O)O. The Balaban J connectivity index is 3.37. The topological polar surface area (TPSA) is 71.4 Å². The van der Waals surface area contributed by atoms with Crippen LogP contribution in [0.15, 0.2) is 34.7 Å². The average molecular weight is 240 g/mol. The molecule has 16 heavy (non-hydrogen) atoms. The van der Waals surface area contributed by atoms with Crippen molar-refractivity contribution in [1.29, 1.82) is 0 Å². The molecule has 0 atom stereocenters. The fourth-order valence-electron chi connectivity index (χ4n) is 1.23. The number of hydrogen-bond acceptors (Lipinski definition) is 3. The second kappa shape index (κ2) is 4.49. The first-order valence-corrected chi connectivity index (χ1v) is 6.42. The maximum absolute atomic E-state index is 11.4. The van der Waals surface area contributed by atoms with Crippen molar-refractivity contribution in [3.8, 4) is 0 Å². The Hall–Kier alpha value is -1.62. The van der Waals surface area contributed by atoms with Crippen LogP contribution in [0.5, 0.6) is 0 Å². The molecule has 0 saturated carbocycles. The largest absolute Gasteiger partial charge is 0.478 e. The van der Waals surface area contributed by atoms with E-state index in [2.05, 4.69) is 0 Å². The van der Waals surface area contributed by atoms with Gasteiger partial charge >= 0.3 is 5.97 Å². The molecule has 4 nitrogen and oxygen atoms in total. The van der Waals surface area contributed by atoms with E-state index < -0.39 is 15.8 Å². The zero-order valence-electron chi connectivity index (χ0n) is 8.97. The number of aliphatic carboxylic acids is 1. The number of carboxylic acid groups (broad SMARTS) is 1. The Morgan fingerprint density at radius 2 is 1.88 bits per heavy atom. The molecule has 0 radical (unpaired) electrons. The van der Waals surface area contributed by atoms with Crippen LogP contribution in [0.2, 0.25) is 0 Å². The molecule has 1 N–H and O–H groups in total. The van der Waals surface area contributed by atoms with E-state index in [1.54, 1.807) is 18.2 Å². The van der Waals surface area contributed by atoms with E-state index in [0.717, 1.165) is 6.26 Å². The van der Waals surface area contributed by atoms with Gasteiger partial charge in [0.1, 0.15) is 0 Å². The zero-order chi connectivity index (χ0) is 12.3. The molecule has 0 fully saturated rings. The molecule has 1 rings (SSSR count). The van der Waals surface area contributed by atoms with Crippen molar-refractivity contribution in [2.24, 2.45) is 0 Å². The summed E-state index contributed by atoms with van der Waals surface area (Å²) in [7, 11) is -3.34. The Labute approximate surface area is 94.1 Å². The van der Waals surface area contributed by atoms with Crippen molar-refractivity contribution in [1.82, 2.24) is 0 Å². The van der Waals surface area contributed by atoms with Crippen LogP contribution >= 0.6 is 0 Å². The lowest BCUT2D eigenvalue weighted by molar-refractivity contribution is -0.132. The van der Waals surface area contributed by atoms with Crippen molar-refractivity contribution < 1.29 is 18.3 Å². The molecule has 0 aliphatic rings. The maximum Gasteiger partial charge on any atom is 0.331 e. The lowest BCUT2D eigenvalue weighted by atomic mass is 10.1. The van der Waals surface area contributed by atoms with E-state index in [0.29, 0.717) is 5.56 Å². The molecule has 0 saturated heterocycles. The summed E-state index contributed by atoms with van der Waals surface area (Å²) in [6, 6.07) is 6.29. The molecule has 5 heteroatoms. The molecule has 0 aromatic heterocycles. The zero-order valence-corrected chi connectivity index (χ0v) is 9.78. The smallest absolute Gasteiger partial charge is 0.331 e. The van der Waals surface area contributed by atoms with Gasteiger partial charge in [-0.3, -0.25) is 0 Å². The van der Waals surface area contributed by atoms with Crippen molar-refractivity contribution in [3.63, 3.8) is 0 Å². The van der Waals surface area contributed by atoms with Crippen LogP contribution in [0.4, 0.5) is 0 Å². The van der Waals surface area contributed by atoms with Crippen LogP contribution in [0.1, 0.15) is 12.5 Å². The third-order valence-electron chi connectivity index (χ3n) is 2.03. The third-order valence-corrected chi connectivity index (χ3v) is 3.20. The fraction of sp³-hybridized carbons (Fsp3) is 0.182. The Bertz CT molecular complexity index is 541. The molecule has 0 amide bonds. The molecule has 1 aromatic carbocycles. The van der Waals surface area contributed by atoms with Crippen LogP contribution in [0, 0.1) is 0 Å². The Morgan fingerprint density at radius 3 is 2.38 bits per heavy atom. The highest BCUT2D eigenvalue weighted by Gasteiger charge is 2.11. The van der Waals surface area contributed by atoms with E-state index in [9.17, 15) is 13.2 Å². The molecule has 86 valence electrons. The van der Waals surface area contributed by atoms with Gasteiger partial charge in [-0.25, -0.2) is 13.2 Å². The summed E-state index contributed by atoms with van der Waals surface area (Å²) in [5.74, 6) is -1.07. The summed E-state index contributed by atoms with van der Waals surface area (Å²) in [5.41, 5.74) is 0.487. The predicted octanol–water partition coefficient (Wildman–Crippen LogP) is 1.58. The van der Waals surface area contributed by atoms with Crippen LogP contribution in [0.3, 0.4) is 0 Å². The first-order valence-electron chi connectivity index (χ1n) is 4.53. The molecule has 1 aromatic rings. The molecule has 0 bridgehead atoms. The summed E-state index contributed by atoms with van der Waals surface area (Å²) < 4.78 is 22.9.